The number of ether oxygens (including phenoxy) is 2. The maximum Gasteiger partial charge on any atom is 0.334 e. The van der Waals surface area contributed by atoms with Crippen molar-refractivity contribution in [2.45, 2.75) is 58.9 Å². The molecule has 14 heteroatoms. The quantitative estimate of drug-likeness (QED) is 0.207. The van der Waals surface area contributed by atoms with Gasteiger partial charge in [-0.25, -0.2) is 9.67 Å². The zero-order valence-corrected chi connectivity index (χ0v) is 24.0. The summed E-state index contributed by atoms with van der Waals surface area (Å²) in [5.74, 6) is 0.713. The molecule has 1 aliphatic rings. The SMILES string of the molecule is Cc1cc(-c2nsc3c(-c4cn(C(F)F)nn4)cc(N4CCOC[C@H]4C)nc23)n(COCC[Si](C)(C)C)n1. The van der Waals surface area contributed by atoms with Gasteiger partial charge in [0.25, 0.3) is 0 Å². The van der Waals surface area contributed by atoms with Gasteiger partial charge in [-0.3, -0.25) is 0 Å². The van der Waals surface area contributed by atoms with Crippen molar-refractivity contribution >= 4 is 35.6 Å². The second-order valence-electron chi connectivity index (χ2n) is 10.7. The number of alkyl halides is 2. The largest absolute Gasteiger partial charge is 0.377 e. The van der Waals surface area contributed by atoms with E-state index < -0.39 is 14.6 Å². The van der Waals surface area contributed by atoms with Crippen LogP contribution in [0, 0.1) is 6.92 Å². The minimum Gasteiger partial charge on any atom is -0.377 e. The lowest BCUT2D eigenvalue weighted by Gasteiger charge is -2.34. The second-order valence-corrected chi connectivity index (χ2v) is 17.1. The first-order chi connectivity index (χ1) is 18.1. The Balaban J connectivity index is 1.58. The summed E-state index contributed by atoms with van der Waals surface area (Å²) in [6, 6.07) is 5.01. The first kappa shape index (κ1) is 26.8. The molecule has 0 N–H and O–H groups in total. The molecule has 204 valence electrons. The fourth-order valence-corrected chi connectivity index (χ4v) is 5.95. The van der Waals surface area contributed by atoms with Crippen molar-refractivity contribution in [3.63, 3.8) is 0 Å². The number of anilines is 1. The van der Waals surface area contributed by atoms with Crippen LogP contribution in [0.3, 0.4) is 0 Å². The van der Waals surface area contributed by atoms with E-state index in [1.807, 2.05) is 23.7 Å². The highest BCUT2D eigenvalue weighted by molar-refractivity contribution is 7.14. The maximum atomic E-state index is 13.3. The van der Waals surface area contributed by atoms with Gasteiger partial charge in [0, 0.05) is 26.8 Å². The van der Waals surface area contributed by atoms with Crippen LogP contribution in [0.15, 0.2) is 18.3 Å². The monoisotopic (exact) mass is 562 g/mol. The molecular weight excluding hydrogens is 530 g/mol. The van der Waals surface area contributed by atoms with E-state index >= 15 is 0 Å². The van der Waals surface area contributed by atoms with Gasteiger partial charge in [-0.1, -0.05) is 24.9 Å². The Bertz CT molecular complexity index is 1420. The van der Waals surface area contributed by atoms with Crippen molar-refractivity contribution in [2.75, 3.05) is 31.3 Å². The molecule has 0 amide bonds. The van der Waals surface area contributed by atoms with Gasteiger partial charge in [0.2, 0.25) is 0 Å². The van der Waals surface area contributed by atoms with Crippen LogP contribution >= 0.6 is 11.5 Å². The van der Waals surface area contributed by atoms with Crippen molar-refractivity contribution in [1.82, 2.24) is 34.1 Å². The van der Waals surface area contributed by atoms with E-state index in [0.717, 1.165) is 22.1 Å². The Kier molecular flexibility index (Phi) is 7.57. The Morgan fingerprint density at radius 3 is 2.79 bits per heavy atom. The predicted octanol–water partition coefficient (Wildman–Crippen LogP) is 5.05. The zero-order chi connectivity index (χ0) is 27.0. The molecular formula is C24H32F2N8O2SSi. The van der Waals surface area contributed by atoms with E-state index in [2.05, 4.69) is 46.9 Å². The lowest BCUT2D eigenvalue weighted by Crippen LogP contribution is -2.44. The smallest absolute Gasteiger partial charge is 0.334 e. The number of hydrogen-bond acceptors (Lipinski definition) is 9. The molecule has 0 unspecified atom stereocenters. The summed E-state index contributed by atoms with van der Waals surface area (Å²) in [4.78, 5) is 7.19. The summed E-state index contributed by atoms with van der Waals surface area (Å²) in [6.45, 7) is 11.0. The number of rotatable bonds is 9. The first-order valence-electron chi connectivity index (χ1n) is 12.6. The van der Waals surface area contributed by atoms with Crippen molar-refractivity contribution in [3.8, 4) is 22.6 Å². The number of fused-ring (bicyclic) bond motifs is 1. The standard InChI is InChI=1S/C24H32F2N8O2SSi/c1-15-10-19(34(29-15)14-36-8-9-38(3,4)5)21-22-23(37-30-21)17(18-12-33(24(25)26)31-28-18)11-20(27-22)32-6-7-35-13-16(32)2/h10-12,16,24H,6-9,13-14H2,1-5H3/t16-/m1/s1. The number of morpholine rings is 1. The van der Waals surface area contributed by atoms with Gasteiger partial charge in [0.1, 0.15) is 29.5 Å². The number of aromatic nitrogens is 7. The highest BCUT2D eigenvalue weighted by atomic mass is 32.1. The third kappa shape index (κ3) is 5.62. The normalized spacial score (nSPS) is 16.7. The highest BCUT2D eigenvalue weighted by Gasteiger charge is 2.26. The zero-order valence-electron chi connectivity index (χ0n) is 22.2. The van der Waals surface area contributed by atoms with Crippen molar-refractivity contribution in [1.29, 1.82) is 0 Å². The molecule has 38 heavy (non-hydrogen) atoms. The van der Waals surface area contributed by atoms with Gasteiger partial charge >= 0.3 is 6.55 Å². The number of halogens is 2. The molecule has 4 aromatic rings. The van der Waals surface area contributed by atoms with Crippen LogP contribution < -0.4 is 4.90 Å². The molecule has 0 aromatic carbocycles. The topological polar surface area (TPSA) is 96.0 Å². The minimum atomic E-state index is -2.78. The van der Waals surface area contributed by atoms with Crippen LogP contribution in [0.1, 0.15) is 19.2 Å². The van der Waals surface area contributed by atoms with E-state index in [0.29, 0.717) is 66.1 Å². The fraction of sp³-hybridized carbons (Fsp3) is 0.542. The van der Waals surface area contributed by atoms with E-state index in [4.69, 9.17) is 18.8 Å². The Morgan fingerprint density at radius 2 is 2.08 bits per heavy atom. The van der Waals surface area contributed by atoms with E-state index in [1.165, 1.54) is 17.7 Å². The molecule has 0 spiro atoms. The molecule has 5 heterocycles. The number of nitrogens with zero attached hydrogens (tertiary/aromatic N) is 8. The number of aryl methyl sites for hydroxylation is 1. The van der Waals surface area contributed by atoms with E-state index in [-0.39, 0.29) is 6.04 Å². The van der Waals surface area contributed by atoms with Crippen molar-refractivity contribution in [3.05, 3.63) is 24.0 Å². The summed E-state index contributed by atoms with van der Waals surface area (Å²) in [7, 11) is -1.21. The molecule has 0 saturated carbocycles. The van der Waals surface area contributed by atoms with Crippen molar-refractivity contribution < 1.29 is 18.3 Å². The average molecular weight is 563 g/mol. The van der Waals surface area contributed by atoms with Crippen LogP contribution in [-0.2, 0) is 16.2 Å². The molecule has 1 aliphatic heterocycles. The third-order valence-electron chi connectivity index (χ3n) is 6.41. The van der Waals surface area contributed by atoms with Gasteiger partial charge < -0.3 is 14.4 Å². The molecule has 4 aromatic heterocycles. The molecule has 0 aliphatic carbocycles. The van der Waals surface area contributed by atoms with Gasteiger partial charge in [-0.15, -0.1) is 5.10 Å². The van der Waals surface area contributed by atoms with Crippen LogP contribution in [-0.4, -0.2) is 74.6 Å². The average Bonchev–Trinajstić information content (AvgIpc) is 3.59. The third-order valence-corrected chi connectivity index (χ3v) is 8.99. The molecule has 0 radical (unpaired) electrons. The van der Waals surface area contributed by atoms with Crippen molar-refractivity contribution in [2.24, 2.45) is 0 Å². The lowest BCUT2D eigenvalue weighted by atomic mass is 10.1. The summed E-state index contributed by atoms with van der Waals surface area (Å²) in [5, 5.41) is 12.3. The van der Waals surface area contributed by atoms with Gasteiger partial charge in [0.15, 0.2) is 0 Å². The Hall–Kier alpha value is -2.81. The number of pyridine rings is 1. The second kappa shape index (κ2) is 10.7. The molecule has 1 fully saturated rings. The van der Waals surface area contributed by atoms with Gasteiger partial charge in [0.05, 0.1) is 41.5 Å². The number of hydrogen-bond donors (Lipinski definition) is 0. The maximum absolute atomic E-state index is 13.3. The molecule has 1 saturated heterocycles. The molecule has 0 bridgehead atoms. The minimum absolute atomic E-state index is 0.0980. The van der Waals surface area contributed by atoms with Crippen LogP contribution in [0.5, 0.6) is 0 Å². The van der Waals surface area contributed by atoms with Crippen LogP contribution in [0.25, 0.3) is 32.9 Å². The summed E-state index contributed by atoms with van der Waals surface area (Å²) >= 11 is 1.26. The van der Waals surface area contributed by atoms with Gasteiger partial charge in [-0.05, 0) is 43.6 Å². The first-order valence-corrected chi connectivity index (χ1v) is 17.1. The van der Waals surface area contributed by atoms with E-state index in [9.17, 15) is 8.78 Å². The van der Waals surface area contributed by atoms with Crippen LogP contribution in [0.2, 0.25) is 25.7 Å². The molecule has 5 rings (SSSR count). The highest BCUT2D eigenvalue weighted by Crippen LogP contribution is 2.39. The Morgan fingerprint density at radius 1 is 1.26 bits per heavy atom. The van der Waals surface area contributed by atoms with Gasteiger partial charge in [-0.2, -0.15) is 22.9 Å². The summed E-state index contributed by atoms with van der Waals surface area (Å²) in [6.07, 6.45) is 1.26. The fourth-order valence-electron chi connectivity index (χ4n) is 4.34. The van der Waals surface area contributed by atoms with Crippen LogP contribution in [0.4, 0.5) is 14.6 Å². The molecule has 10 nitrogen and oxygen atoms in total. The molecule has 1 atom stereocenters. The van der Waals surface area contributed by atoms with E-state index in [1.54, 1.807) is 0 Å². The Labute approximate surface area is 224 Å². The summed E-state index contributed by atoms with van der Waals surface area (Å²) < 4.78 is 46.1. The lowest BCUT2D eigenvalue weighted by molar-refractivity contribution is 0.0546. The summed E-state index contributed by atoms with van der Waals surface area (Å²) in [5.41, 5.74) is 3.97. The predicted molar refractivity (Wildman–Crippen MR) is 145 cm³/mol.